The van der Waals surface area contributed by atoms with Gasteiger partial charge in [0.2, 0.25) is 5.91 Å². The van der Waals surface area contributed by atoms with Crippen LogP contribution in [-0.2, 0) is 34.5 Å². The molecule has 11 nitrogen and oxygen atoms in total. The molecular formula is C40H37FN6O5. The summed E-state index contributed by atoms with van der Waals surface area (Å²) in [4.78, 5) is 45.5. The van der Waals surface area contributed by atoms with Crippen molar-refractivity contribution in [2.24, 2.45) is 7.05 Å². The number of rotatable bonds is 13. The Hall–Kier alpha value is -6.56. The number of imidazole rings is 1. The second-order valence-corrected chi connectivity index (χ2v) is 12.5. The standard InChI is InChI=1S/C40H37FN6O5/c1-26(2)46(39(49)18-28-10-12-31(41)13-11-28)22-33(27(3)48)40(50)44-32-14-15-36(38(20-32)51-24-29-8-6-5-7-9-29)52-37-19-30(34-23-45(4)25-42-34)21-47-35(37)16-17-43-47/h5-17,19-23,25-26H,18,24H2,1-4H3,(H,44,50). The van der Waals surface area contributed by atoms with E-state index < -0.39 is 17.5 Å². The van der Waals surface area contributed by atoms with E-state index >= 15 is 0 Å². The van der Waals surface area contributed by atoms with Crippen LogP contribution in [0.5, 0.6) is 17.2 Å². The number of hydrogen-bond acceptors (Lipinski definition) is 7. The zero-order valence-corrected chi connectivity index (χ0v) is 29.1. The molecule has 6 aromatic rings. The van der Waals surface area contributed by atoms with Gasteiger partial charge in [-0.15, -0.1) is 0 Å². The van der Waals surface area contributed by atoms with Crippen LogP contribution in [0.2, 0.25) is 0 Å². The minimum absolute atomic E-state index is 0.0400. The highest BCUT2D eigenvalue weighted by atomic mass is 19.1. The summed E-state index contributed by atoms with van der Waals surface area (Å²) in [6, 6.07) is 23.4. The second-order valence-electron chi connectivity index (χ2n) is 12.5. The number of carbonyl (C=O) groups is 3. The summed E-state index contributed by atoms with van der Waals surface area (Å²) in [6.07, 6.45) is 8.38. The number of aryl methyl sites for hydroxylation is 1. The van der Waals surface area contributed by atoms with Gasteiger partial charge in [-0.25, -0.2) is 13.9 Å². The third kappa shape index (κ3) is 8.41. The molecule has 0 fully saturated rings. The molecular weight excluding hydrogens is 663 g/mol. The van der Waals surface area contributed by atoms with E-state index in [2.05, 4.69) is 15.4 Å². The number of nitrogens with one attached hydrogen (secondary N) is 1. The van der Waals surface area contributed by atoms with Crippen LogP contribution in [0.25, 0.3) is 16.8 Å². The van der Waals surface area contributed by atoms with Crippen LogP contribution in [0.15, 0.2) is 122 Å². The maximum absolute atomic E-state index is 13.6. The normalized spacial score (nSPS) is 11.5. The number of halogens is 1. The molecule has 0 aliphatic carbocycles. The summed E-state index contributed by atoms with van der Waals surface area (Å²) in [5.41, 5.74) is 3.87. The third-order valence-corrected chi connectivity index (χ3v) is 8.14. The van der Waals surface area contributed by atoms with Crippen molar-refractivity contribution in [3.05, 3.63) is 139 Å². The van der Waals surface area contributed by atoms with Gasteiger partial charge in [0.05, 0.1) is 30.2 Å². The Labute approximate surface area is 299 Å². The Kier molecular flexibility index (Phi) is 10.5. The fourth-order valence-corrected chi connectivity index (χ4v) is 5.44. The molecule has 0 unspecified atom stereocenters. The smallest absolute Gasteiger partial charge is 0.260 e. The maximum atomic E-state index is 13.6. The van der Waals surface area contributed by atoms with Gasteiger partial charge in [-0.1, -0.05) is 42.5 Å². The number of aromatic nitrogens is 4. The molecule has 3 aromatic carbocycles. The Morgan fingerprint density at radius 2 is 1.69 bits per heavy atom. The molecule has 0 aliphatic rings. The quantitative estimate of drug-likeness (QED) is 0.0773. The monoisotopic (exact) mass is 700 g/mol. The number of carbonyl (C=O) groups excluding carboxylic acids is 3. The van der Waals surface area contributed by atoms with E-state index in [4.69, 9.17) is 9.47 Å². The molecule has 3 heterocycles. The van der Waals surface area contributed by atoms with Crippen LogP contribution in [0, 0.1) is 5.82 Å². The molecule has 52 heavy (non-hydrogen) atoms. The largest absolute Gasteiger partial charge is 0.485 e. The van der Waals surface area contributed by atoms with Gasteiger partial charge < -0.3 is 24.3 Å². The summed E-state index contributed by atoms with van der Waals surface area (Å²) in [5, 5.41) is 7.19. The van der Waals surface area contributed by atoms with Crippen LogP contribution in [-0.4, -0.2) is 47.7 Å². The van der Waals surface area contributed by atoms with Crippen LogP contribution in [0.1, 0.15) is 31.9 Å². The fraction of sp³-hybridized carbons (Fsp3) is 0.175. The fourth-order valence-electron chi connectivity index (χ4n) is 5.44. The average molecular weight is 701 g/mol. The van der Waals surface area contributed by atoms with Crippen molar-refractivity contribution in [1.29, 1.82) is 0 Å². The van der Waals surface area contributed by atoms with Crippen LogP contribution in [0.4, 0.5) is 10.1 Å². The Morgan fingerprint density at radius 1 is 0.923 bits per heavy atom. The lowest BCUT2D eigenvalue weighted by molar-refractivity contribution is -0.129. The van der Waals surface area contributed by atoms with Crippen molar-refractivity contribution < 1.29 is 28.2 Å². The number of amides is 2. The predicted octanol–water partition coefficient (Wildman–Crippen LogP) is 7.14. The van der Waals surface area contributed by atoms with Crippen molar-refractivity contribution in [3.63, 3.8) is 0 Å². The number of nitrogens with zero attached hydrogens (tertiary/aromatic N) is 5. The van der Waals surface area contributed by atoms with Gasteiger partial charge in [-0.3, -0.25) is 14.4 Å². The molecule has 0 radical (unpaired) electrons. The van der Waals surface area contributed by atoms with Gasteiger partial charge in [0.1, 0.15) is 17.9 Å². The summed E-state index contributed by atoms with van der Waals surface area (Å²) in [6.45, 7) is 5.01. The number of benzene rings is 3. The van der Waals surface area contributed by atoms with Crippen molar-refractivity contribution in [3.8, 4) is 28.5 Å². The first kappa shape index (κ1) is 35.3. The molecule has 0 bridgehead atoms. The third-order valence-electron chi connectivity index (χ3n) is 8.14. The first-order valence-corrected chi connectivity index (χ1v) is 16.6. The van der Waals surface area contributed by atoms with E-state index in [1.807, 2.05) is 66.5 Å². The first-order valence-electron chi connectivity index (χ1n) is 16.6. The summed E-state index contributed by atoms with van der Waals surface area (Å²) >= 11 is 0. The van der Waals surface area contributed by atoms with Crippen LogP contribution < -0.4 is 14.8 Å². The molecule has 1 N–H and O–H groups in total. The van der Waals surface area contributed by atoms with Crippen molar-refractivity contribution >= 4 is 28.8 Å². The highest BCUT2D eigenvalue weighted by Gasteiger charge is 2.23. The minimum atomic E-state index is -0.709. The van der Waals surface area contributed by atoms with E-state index in [-0.39, 0.29) is 30.5 Å². The topological polar surface area (TPSA) is 120 Å². The van der Waals surface area contributed by atoms with Crippen LogP contribution >= 0.6 is 0 Å². The zero-order valence-electron chi connectivity index (χ0n) is 29.1. The van der Waals surface area contributed by atoms with Crippen molar-refractivity contribution in [2.45, 2.75) is 39.8 Å². The van der Waals surface area contributed by atoms with E-state index in [1.54, 1.807) is 49.1 Å². The lowest BCUT2D eigenvalue weighted by atomic mass is 10.1. The van der Waals surface area contributed by atoms with Gasteiger partial charge in [-0.2, -0.15) is 5.10 Å². The number of pyridine rings is 1. The van der Waals surface area contributed by atoms with Crippen molar-refractivity contribution in [1.82, 2.24) is 24.1 Å². The lowest BCUT2D eigenvalue weighted by Gasteiger charge is -2.24. The molecule has 0 spiro atoms. The molecule has 6 rings (SSSR count). The second kappa shape index (κ2) is 15.5. The van der Waals surface area contributed by atoms with Crippen LogP contribution in [0.3, 0.4) is 0 Å². The van der Waals surface area contributed by atoms with E-state index in [1.165, 1.54) is 42.3 Å². The SMILES string of the molecule is CC(=O)C(=CN(C(=O)Cc1ccc(F)cc1)C(C)C)C(=O)Nc1ccc(Oc2cc(-c3cn(C)cn3)cn3nccc23)c(OCc2ccccc2)c1. The first-order chi connectivity index (χ1) is 25.0. The van der Waals surface area contributed by atoms with Gasteiger partial charge in [0, 0.05) is 49.0 Å². The Morgan fingerprint density at radius 3 is 2.38 bits per heavy atom. The zero-order chi connectivity index (χ0) is 36.8. The molecule has 12 heteroatoms. The number of fused-ring (bicyclic) bond motifs is 1. The van der Waals surface area contributed by atoms with E-state index in [0.717, 1.165) is 16.8 Å². The van der Waals surface area contributed by atoms with Crippen molar-refractivity contribution in [2.75, 3.05) is 5.32 Å². The van der Waals surface area contributed by atoms with E-state index in [9.17, 15) is 18.8 Å². The highest BCUT2D eigenvalue weighted by Crippen LogP contribution is 2.38. The van der Waals surface area contributed by atoms with Gasteiger partial charge in [0.15, 0.2) is 23.0 Å². The summed E-state index contributed by atoms with van der Waals surface area (Å²) < 4.78 is 29.7. The Balaban J connectivity index is 1.29. The molecule has 0 saturated heterocycles. The molecule has 2 amide bonds. The highest BCUT2D eigenvalue weighted by molar-refractivity contribution is 6.22. The molecule has 0 aliphatic heterocycles. The summed E-state index contributed by atoms with van der Waals surface area (Å²) in [7, 11) is 1.89. The van der Waals surface area contributed by atoms with Gasteiger partial charge in [0.25, 0.3) is 5.91 Å². The van der Waals surface area contributed by atoms with Gasteiger partial charge in [-0.05, 0) is 68.3 Å². The number of hydrogen-bond donors (Lipinski definition) is 1. The molecule has 3 aromatic heterocycles. The molecule has 264 valence electrons. The Bertz CT molecular complexity index is 2260. The maximum Gasteiger partial charge on any atom is 0.260 e. The average Bonchev–Trinajstić information content (AvgIpc) is 3.79. The summed E-state index contributed by atoms with van der Waals surface area (Å²) in [5.74, 6) is -0.807. The number of anilines is 1. The number of ketones is 1. The molecule has 0 saturated carbocycles. The van der Waals surface area contributed by atoms with E-state index in [0.29, 0.717) is 34.0 Å². The van der Waals surface area contributed by atoms with Gasteiger partial charge >= 0.3 is 0 Å². The predicted molar refractivity (Wildman–Crippen MR) is 194 cm³/mol. The number of Topliss-reactive ketones (excluding diaryl/α,β-unsaturated/α-hetero) is 1. The molecule has 0 atom stereocenters. The minimum Gasteiger partial charge on any atom is -0.485 e. The lowest BCUT2D eigenvalue weighted by Crippen LogP contribution is -2.35. The number of ether oxygens (including phenoxy) is 2.